The van der Waals surface area contributed by atoms with Crippen molar-refractivity contribution >= 4 is 17.6 Å². The largest absolute Gasteiger partial charge is 0.494 e. The van der Waals surface area contributed by atoms with Crippen LogP contribution in [0.1, 0.15) is 54.6 Å². The molecule has 1 aliphatic heterocycles. The molecule has 0 atom stereocenters. The summed E-state index contributed by atoms with van der Waals surface area (Å²) in [6.45, 7) is 2.50. The van der Waals surface area contributed by atoms with Crippen LogP contribution in [-0.2, 0) is 0 Å². The molecule has 4 rings (SSSR count). The monoisotopic (exact) mass is 461 g/mol. The molecular formula is C26H31N5O3. The van der Waals surface area contributed by atoms with Crippen molar-refractivity contribution in [2.24, 2.45) is 5.92 Å². The van der Waals surface area contributed by atoms with Gasteiger partial charge in [0.05, 0.1) is 18.5 Å². The standard InChI is InChI=1S/C26H31N5O3/c27-18-22-9-10-23(19-28-22)29-26(33)31-14-12-30(13-15-31)25(32)21-7-4-8-24(17-21)34-16-11-20-5-2-1-3-6-20/h4,7-10,17,19-20H,1-3,5-6,11-16H2,(H,29,33). The van der Waals surface area contributed by atoms with Crippen LogP contribution in [0.25, 0.3) is 0 Å². The molecule has 2 aliphatic rings. The maximum absolute atomic E-state index is 13.0. The first kappa shape index (κ1) is 23.6. The van der Waals surface area contributed by atoms with Gasteiger partial charge in [-0.1, -0.05) is 38.2 Å². The van der Waals surface area contributed by atoms with E-state index in [1.165, 1.54) is 38.3 Å². The zero-order valence-electron chi connectivity index (χ0n) is 19.4. The number of piperazine rings is 1. The number of aromatic nitrogens is 1. The van der Waals surface area contributed by atoms with Gasteiger partial charge in [0.15, 0.2) is 0 Å². The fourth-order valence-electron chi connectivity index (χ4n) is 4.57. The number of nitriles is 1. The van der Waals surface area contributed by atoms with Gasteiger partial charge < -0.3 is 19.9 Å². The molecule has 2 heterocycles. The number of ether oxygens (including phenoxy) is 1. The first-order chi connectivity index (χ1) is 16.6. The highest BCUT2D eigenvalue weighted by molar-refractivity contribution is 5.95. The number of urea groups is 1. The highest BCUT2D eigenvalue weighted by Gasteiger charge is 2.25. The lowest BCUT2D eigenvalue weighted by Crippen LogP contribution is -2.51. The van der Waals surface area contributed by atoms with Gasteiger partial charge in [-0.05, 0) is 42.7 Å². The highest BCUT2D eigenvalue weighted by atomic mass is 16.5. The molecule has 8 nitrogen and oxygen atoms in total. The predicted octanol–water partition coefficient (Wildman–Crippen LogP) is 4.29. The molecule has 0 bridgehead atoms. The molecule has 2 aromatic rings. The molecule has 1 aliphatic carbocycles. The normalized spacial score (nSPS) is 16.6. The first-order valence-electron chi connectivity index (χ1n) is 12.1. The lowest BCUT2D eigenvalue weighted by atomic mass is 9.87. The van der Waals surface area contributed by atoms with Crippen LogP contribution in [0.5, 0.6) is 5.75 Å². The Balaban J connectivity index is 1.24. The molecule has 1 aromatic heterocycles. The highest BCUT2D eigenvalue weighted by Crippen LogP contribution is 2.26. The van der Waals surface area contributed by atoms with Gasteiger partial charge in [0.25, 0.3) is 5.91 Å². The Bertz CT molecular complexity index is 1020. The molecule has 0 radical (unpaired) electrons. The molecule has 3 amide bonds. The average Bonchev–Trinajstić information content (AvgIpc) is 2.89. The number of hydrogen-bond donors (Lipinski definition) is 1. The van der Waals surface area contributed by atoms with Crippen molar-refractivity contribution in [2.75, 3.05) is 38.1 Å². The molecule has 1 N–H and O–H groups in total. The van der Waals surface area contributed by atoms with E-state index >= 15 is 0 Å². The Hall–Kier alpha value is -3.60. The van der Waals surface area contributed by atoms with E-state index in [1.54, 1.807) is 21.9 Å². The van der Waals surface area contributed by atoms with E-state index in [-0.39, 0.29) is 11.9 Å². The zero-order valence-corrected chi connectivity index (χ0v) is 19.4. The molecule has 8 heteroatoms. The third-order valence-electron chi connectivity index (χ3n) is 6.58. The summed E-state index contributed by atoms with van der Waals surface area (Å²) in [4.78, 5) is 32.9. The van der Waals surface area contributed by atoms with Crippen LogP contribution in [0, 0.1) is 17.2 Å². The first-order valence-corrected chi connectivity index (χ1v) is 12.1. The lowest BCUT2D eigenvalue weighted by Gasteiger charge is -2.34. The quantitative estimate of drug-likeness (QED) is 0.692. The van der Waals surface area contributed by atoms with Gasteiger partial charge in [-0.15, -0.1) is 0 Å². The summed E-state index contributed by atoms with van der Waals surface area (Å²) in [6, 6.07) is 12.3. The van der Waals surface area contributed by atoms with E-state index in [2.05, 4.69) is 10.3 Å². The summed E-state index contributed by atoms with van der Waals surface area (Å²) < 4.78 is 5.95. The minimum absolute atomic E-state index is 0.0471. The minimum Gasteiger partial charge on any atom is -0.494 e. The topological polar surface area (TPSA) is 98.6 Å². The molecule has 1 aromatic carbocycles. The molecule has 0 unspecified atom stereocenters. The summed E-state index contributed by atoms with van der Waals surface area (Å²) in [6.07, 6.45) is 9.15. The molecule has 2 fully saturated rings. The molecule has 1 saturated heterocycles. The van der Waals surface area contributed by atoms with Gasteiger partial charge in [-0.2, -0.15) is 5.26 Å². The molecular weight excluding hydrogens is 430 g/mol. The Labute approximate surface area is 200 Å². The van der Waals surface area contributed by atoms with Crippen LogP contribution in [0.4, 0.5) is 10.5 Å². The second-order valence-corrected chi connectivity index (χ2v) is 8.92. The average molecular weight is 462 g/mol. The number of amides is 3. The predicted molar refractivity (Wildman–Crippen MR) is 129 cm³/mol. The number of nitrogens with one attached hydrogen (secondary N) is 1. The SMILES string of the molecule is N#Cc1ccc(NC(=O)N2CCN(C(=O)c3cccc(OCCC4CCCCC4)c3)CC2)cn1. The number of nitrogens with zero attached hydrogens (tertiary/aromatic N) is 4. The fraction of sp³-hybridized carbons (Fsp3) is 0.462. The van der Waals surface area contributed by atoms with Crippen molar-refractivity contribution < 1.29 is 14.3 Å². The number of carbonyl (C=O) groups excluding carboxylic acids is 2. The number of rotatable bonds is 6. The Morgan fingerprint density at radius 3 is 2.53 bits per heavy atom. The summed E-state index contributed by atoms with van der Waals surface area (Å²) in [7, 11) is 0. The van der Waals surface area contributed by atoms with Crippen molar-refractivity contribution in [2.45, 2.75) is 38.5 Å². The Morgan fingerprint density at radius 1 is 1.06 bits per heavy atom. The van der Waals surface area contributed by atoms with Gasteiger partial charge in [0.2, 0.25) is 0 Å². The summed E-state index contributed by atoms with van der Waals surface area (Å²) in [5.41, 5.74) is 1.43. The third-order valence-corrected chi connectivity index (χ3v) is 6.58. The maximum Gasteiger partial charge on any atom is 0.322 e. The third kappa shape index (κ3) is 6.25. The van der Waals surface area contributed by atoms with Crippen LogP contribution in [-0.4, -0.2) is 59.5 Å². The van der Waals surface area contributed by atoms with Gasteiger partial charge in [-0.25, -0.2) is 9.78 Å². The second-order valence-electron chi connectivity index (χ2n) is 8.92. The van der Waals surface area contributed by atoms with Crippen molar-refractivity contribution in [3.05, 3.63) is 53.9 Å². The van der Waals surface area contributed by atoms with Crippen molar-refractivity contribution in [1.82, 2.24) is 14.8 Å². The van der Waals surface area contributed by atoms with Crippen molar-refractivity contribution in [3.63, 3.8) is 0 Å². The van der Waals surface area contributed by atoms with Crippen LogP contribution < -0.4 is 10.1 Å². The second kappa shape index (κ2) is 11.5. The fourth-order valence-corrected chi connectivity index (χ4v) is 4.57. The van der Waals surface area contributed by atoms with Crippen molar-refractivity contribution in [1.29, 1.82) is 5.26 Å². The number of pyridine rings is 1. The summed E-state index contributed by atoms with van der Waals surface area (Å²) >= 11 is 0. The van der Waals surface area contributed by atoms with E-state index < -0.39 is 0 Å². The number of hydrogen-bond acceptors (Lipinski definition) is 5. The lowest BCUT2D eigenvalue weighted by molar-refractivity contribution is 0.0671. The number of anilines is 1. The molecule has 34 heavy (non-hydrogen) atoms. The molecule has 0 spiro atoms. The van der Waals surface area contributed by atoms with E-state index in [4.69, 9.17) is 10.00 Å². The van der Waals surface area contributed by atoms with Crippen LogP contribution >= 0.6 is 0 Å². The van der Waals surface area contributed by atoms with Crippen LogP contribution in [0.3, 0.4) is 0 Å². The van der Waals surface area contributed by atoms with Gasteiger partial charge in [-0.3, -0.25) is 4.79 Å². The van der Waals surface area contributed by atoms with Gasteiger partial charge in [0.1, 0.15) is 17.5 Å². The maximum atomic E-state index is 13.0. The van der Waals surface area contributed by atoms with E-state index in [0.29, 0.717) is 49.7 Å². The van der Waals surface area contributed by atoms with E-state index in [1.807, 2.05) is 30.3 Å². The van der Waals surface area contributed by atoms with E-state index in [9.17, 15) is 9.59 Å². The molecule has 178 valence electrons. The van der Waals surface area contributed by atoms with Crippen LogP contribution in [0.15, 0.2) is 42.6 Å². The summed E-state index contributed by atoms with van der Waals surface area (Å²) in [5, 5.41) is 11.6. The van der Waals surface area contributed by atoms with Gasteiger partial charge >= 0.3 is 6.03 Å². The van der Waals surface area contributed by atoms with Crippen LogP contribution in [0.2, 0.25) is 0 Å². The zero-order chi connectivity index (χ0) is 23.8. The Kier molecular flexibility index (Phi) is 7.97. The minimum atomic E-state index is -0.244. The smallest absolute Gasteiger partial charge is 0.322 e. The van der Waals surface area contributed by atoms with Gasteiger partial charge in [0, 0.05) is 31.7 Å². The van der Waals surface area contributed by atoms with E-state index in [0.717, 1.165) is 18.1 Å². The number of benzene rings is 1. The molecule has 1 saturated carbocycles. The Morgan fingerprint density at radius 2 is 1.82 bits per heavy atom. The van der Waals surface area contributed by atoms with Crippen molar-refractivity contribution in [3.8, 4) is 11.8 Å². The number of carbonyl (C=O) groups is 2. The summed E-state index contributed by atoms with van der Waals surface area (Å²) in [5.74, 6) is 1.45.